The van der Waals surface area contributed by atoms with E-state index in [9.17, 15) is 9.18 Å². The lowest BCUT2D eigenvalue weighted by atomic mass is 10.1. The molecule has 2 rings (SSSR count). The van der Waals surface area contributed by atoms with Crippen molar-refractivity contribution in [1.29, 1.82) is 0 Å². The number of benzene rings is 1. The van der Waals surface area contributed by atoms with Gasteiger partial charge in [-0.2, -0.15) is 4.39 Å². The van der Waals surface area contributed by atoms with Gasteiger partial charge >= 0.3 is 0 Å². The minimum Gasteiger partial charge on any atom is -0.366 e. The predicted molar refractivity (Wildman–Crippen MR) is 50.2 cm³/mol. The molecule has 0 aliphatic carbocycles. The lowest BCUT2D eigenvalue weighted by molar-refractivity contribution is 0.100. The summed E-state index contributed by atoms with van der Waals surface area (Å²) in [5.74, 6) is -1.35. The van der Waals surface area contributed by atoms with Crippen LogP contribution in [0.1, 0.15) is 10.4 Å². The Bertz CT molecular complexity index is 510. The lowest BCUT2D eigenvalue weighted by Gasteiger charge is -2.01. The van der Waals surface area contributed by atoms with Crippen LogP contribution in [0.15, 0.2) is 30.3 Å². The number of carbonyl (C=O) groups excluding carboxylic acids is 1. The summed E-state index contributed by atoms with van der Waals surface area (Å²) in [7, 11) is 0. The van der Waals surface area contributed by atoms with Crippen LogP contribution < -0.4 is 5.73 Å². The van der Waals surface area contributed by atoms with Crippen LogP contribution in [0.25, 0.3) is 10.9 Å². The molecule has 0 radical (unpaired) electrons. The summed E-state index contributed by atoms with van der Waals surface area (Å²) in [6, 6.07) is 7.82. The number of pyridine rings is 1. The standard InChI is InChI=1S/C10H7FN2O/c11-9-5-7(10(12)14)6-3-1-2-4-8(6)13-9/h1-5H,(H2,12,14)/i11-1. The number of fused-ring (bicyclic) bond motifs is 1. The predicted octanol–water partition coefficient (Wildman–Crippen LogP) is 1.47. The van der Waals surface area contributed by atoms with Crippen molar-refractivity contribution in [2.45, 2.75) is 0 Å². The molecule has 0 aliphatic rings. The maximum Gasteiger partial charge on any atom is 0.249 e. The SMILES string of the molecule is NC(=O)c1cc([18F])nc2ccccc12. The quantitative estimate of drug-likeness (QED) is 0.690. The van der Waals surface area contributed by atoms with Gasteiger partial charge in [0.05, 0.1) is 11.1 Å². The van der Waals surface area contributed by atoms with Crippen molar-refractivity contribution in [3.8, 4) is 0 Å². The second-order valence-electron chi connectivity index (χ2n) is 2.87. The molecule has 0 unspecified atom stereocenters. The summed E-state index contributed by atoms with van der Waals surface area (Å²) >= 11 is 0. The number of rotatable bonds is 1. The molecule has 0 atom stereocenters. The number of hydrogen-bond donors (Lipinski definition) is 1. The van der Waals surface area contributed by atoms with Gasteiger partial charge < -0.3 is 5.73 Å². The van der Waals surface area contributed by atoms with Crippen molar-refractivity contribution in [1.82, 2.24) is 4.98 Å². The first kappa shape index (κ1) is 8.62. The topological polar surface area (TPSA) is 56.0 Å². The highest BCUT2D eigenvalue weighted by atomic mass is 18.2. The number of nitrogens with two attached hydrogens (primary N) is 1. The van der Waals surface area contributed by atoms with Crippen molar-refractivity contribution in [3.05, 3.63) is 41.8 Å². The monoisotopic (exact) mass is 189 g/mol. The molecule has 2 aromatic rings. The number of aromatic nitrogens is 1. The van der Waals surface area contributed by atoms with Crippen LogP contribution in [-0.4, -0.2) is 10.9 Å². The van der Waals surface area contributed by atoms with Gasteiger partial charge in [0, 0.05) is 11.5 Å². The summed E-state index contributed by atoms with van der Waals surface area (Å²) < 4.78 is 12.9. The fourth-order valence-electron chi connectivity index (χ4n) is 1.35. The molecular formula is C10H7FN2O. The van der Waals surface area contributed by atoms with E-state index in [2.05, 4.69) is 4.98 Å². The normalized spacial score (nSPS) is 10.4. The molecule has 0 spiro atoms. The van der Waals surface area contributed by atoms with Crippen LogP contribution in [0.4, 0.5) is 4.39 Å². The third kappa shape index (κ3) is 1.31. The molecule has 0 fully saturated rings. The van der Waals surface area contributed by atoms with Gasteiger partial charge in [0.2, 0.25) is 11.9 Å². The Labute approximate surface area is 79.4 Å². The Morgan fingerprint density at radius 1 is 1.36 bits per heavy atom. The summed E-state index contributed by atoms with van der Waals surface area (Å²) in [6.07, 6.45) is 0. The van der Waals surface area contributed by atoms with E-state index >= 15 is 0 Å². The Hall–Kier alpha value is -1.97. The number of halogens is 1. The van der Waals surface area contributed by atoms with E-state index in [1.54, 1.807) is 24.3 Å². The largest absolute Gasteiger partial charge is 0.366 e. The lowest BCUT2D eigenvalue weighted by Crippen LogP contribution is -2.12. The van der Waals surface area contributed by atoms with Crippen molar-refractivity contribution < 1.29 is 9.18 Å². The van der Waals surface area contributed by atoms with Gasteiger partial charge in [-0.25, -0.2) is 4.98 Å². The summed E-state index contributed by atoms with van der Waals surface area (Å²) in [6.45, 7) is 0. The molecule has 2 N–H and O–H groups in total. The van der Waals surface area contributed by atoms with Gasteiger partial charge in [-0.3, -0.25) is 4.79 Å². The zero-order chi connectivity index (χ0) is 10.1. The second-order valence-corrected chi connectivity index (χ2v) is 2.87. The van der Waals surface area contributed by atoms with E-state index in [4.69, 9.17) is 5.73 Å². The van der Waals surface area contributed by atoms with Crippen LogP contribution in [0.3, 0.4) is 0 Å². The minimum atomic E-state index is -0.697. The molecule has 1 aromatic carbocycles. The van der Waals surface area contributed by atoms with Crippen molar-refractivity contribution in [2.75, 3.05) is 0 Å². The highest BCUT2D eigenvalue weighted by molar-refractivity contribution is 6.05. The molecule has 70 valence electrons. The molecule has 0 aliphatic heterocycles. The molecule has 1 aromatic heterocycles. The van der Waals surface area contributed by atoms with Gasteiger partial charge in [-0.1, -0.05) is 18.2 Å². The maximum atomic E-state index is 12.9. The highest BCUT2D eigenvalue weighted by Gasteiger charge is 2.08. The zero-order valence-corrected chi connectivity index (χ0v) is 7.20. The van der Waals surface area contributed by atoms with E-state index in [0.29, 0.717) is 10.9 Å². The minimum absolute atomic E-state index is 0.160. The van der Waals surface area contributed by atoms with Gasteiger partial charge in [0.15, 0.2) is 0 Å². The first-order valence-electron chi connectivity index (χ1n) is 4.03. The second kappa shape index (κ2) is 3.06. The zero-order valence-electron chi connectivity index (χ0n) is 7.20. The molecule has 1 heterocycles. The molecular weight excluding hydrogens is 182 g/mol. The maximum absolute atomic E-state index is 12.9. The van der Waals surface area contributed by atoms with Gasteiger partial charge in [-0.05, 0) is 6.07 Å². The third-order valence-corrected chi connectivity index (χ3v) is 1.95. The van der Waals surface area contributed by atoms with Crippen LogP contribution in [-0.2, 0) is 0 Å². The number of amides is 1. The van der Waals surface area contributed by atoms with E-state index in [1.165, 1.54) is 0 Å². The number of para-hydroxylation sites is 1. The van der Waals surface area contributed by atoms with Gasteiger partial charge in [0.1, 0.15) is 0 Å². The fraction of sp³-hybridized carbons (Fsp3) is 0. The number of primary amides is 1. The van der Waals surface area contributed by atoms with Gasteiger partial charge in [-0.15, -0.1) is 0 Å². The number of hydrogen-bond acceptors (Lipinski definition) is 2. The fourth-order valence-corrected chi connectivity index (χ4v) is 1.35. The number of carbonyl (C=O) groups is 1. The van der Waals surface area contributed by atoms with E-state index < -0.39 is 11.9 Å². The average Bonchev–Trinajstić information content (AvgIpc) is 2.16. The average molecular weight is 189 g/mol. The Morgan fingerprint density at radius 2 is 2.07 bits per heavy atom. The highest BCUT2D eigenvalue weighted by Crippen LogP contribution is 2.16. The van der Waals surface area contributed by atoms with Crippen LogP contribution >= 0.6 is 0 Å². The van der Waals surface area contributed by atoms with E-state index in [0.717, 1.165) is 6.07 Å². The number of nitrogens with zero attached hydrogens (tertiary/aromatic N) is 1. The molecule has 1 amide bonds. The van der Waals surface area contributed by atoms with E-state index in [1.807, 2.05) is 0 Å². The molecule has 4 heteroatoms. The smallest absolute Gasteiger partial charge is 0.249 e. The Balaban J connectivity index is 2.87. The first-order chi connectivity index (χ1) is 6.68. The van der Waals surface area contributed by atoms with Gasteiger partial charge in [0.25, 0.3) is 0 Å². The van der Waals surface area contributed by atoms with Crippen molar-refractivity contribution in [2.24, 2.45) is 5.73 Å². The van der Waals surface area contributed by atoms with E-state index in [-0.39, 0.29) is 5.56 Å². The molecule has 14 heavy (non-hydrogen) atoms. The summed E-state index contributed by atoms with van der Waals surface area (Å²) in [4.78, 5) is 14.6. The molecule has 0 saturated heterocycles. The van der Waals surface area contributed by atoms with Crippen LogP contribution in [0.5, 0.6) is 0 Å². The summed E-state index contributed by atoms with van der Waals surface area (Å²) in [5, 5.41) is 0.571. The molecule has 0 saturated carbocycles. The summed E-state index contributed by atoms with van der Waals surface area (Å²) in [5.41, 5.74) is 5.71. The van der Waals surface area contributed by atoms with Crippen molar-refractivity contribution in [3.63, 3.8) is 0 Å². The Kier molecular flexibility index (Phi) is 1.89. The van der Waals surface area contributed by atoms with Crippen LogP contribution in [0.2, 0.25) is 0 Å². The molecule has 3 nitrogen and oxygen atoms in total. The Morgan fingerprint density at radius 3 is 2.79 bits per heavy atom. The third-order valence-electron chi connectivity index (χ3n) is 1.95. The van der Waals surface area contributed by atoms with Crippen LogP contribution in [0, 0.1) is 5.95 Å². The van der Waals surface area contributed by atoms with Crippen molar-refractivity contribution >= 4 is 16.8 Å². The molecule has 0 bridgehead atoms. The first-order valence-corrected chi connectivity index (χ1v) is 4.03.